The molecule has 0 amide bonds. The van der Waals surface area contributed by atoms with Crippen LogP contribution < -0.4 is 5.32 Å². The molecule has 3 rings (SSSR count). The number of rotatable bonds is 3. The van der Waals surface area contributed by atoms with E-state index in [1.54, 1.807) is 5.56 Å². The fraction of sp³-hybridized carbons (Fsp3) is 0.312. The van der Waals surface area contributed by atoms with E-state index < -0.39 is 0 Å². The first-order valence-electron chi connectivity index (χ1n) is 6.55. The van der Waals surface area contributed by atoms with E-state index >= 15 is 0 Å². The van der Waals surface area contributed by atoms with Crippen molar-refractivity contribution in [2.45, 2.75) is 25.3 Å². The van der Waals surface area contributed by atoms with E-state index in [0.717, 1.165) is 6.42 Å². The highest BCUT2D eigenvalue weighted by molar-refractivity contribution is 5.42. The van der Waals surface area contributed by atoms with Crippen LogP contribution in [-0.4, -0.2) is 12.0 Å². The molecule has 0 saturated heterocycles. The third kappa shape index (κ3) is 2.04. The van der Waals surface area contributed by atoms with Crippen LogP contribution in [0.5, 0.6) is 0 Å². The zero-order chi connectivity index (χ0) is 12.4. The third-order valence-electron chi connectivity index (χ3n) is 3.83. The van der Waals surface area contributed by atoms with E-state index in [2.05, 4.69) is 34.6 Å². The quantitative estimate of drug-likeness (QED) is 0.889. The Labute approximate surface area is 108 Å². The Morgan fingerprint density at radius 1 is 1.28 bits per heavy atom. The van der Waals surface area contributed by atoms with Crippen molar-refractivity contribution >= 4 is 0 Å². The minimum Gasteiger partial charge on any atom is -0.313 e. The molecule has 0 radical (unpaired) electrons. The Balaban J connectivity index is 1.93. The summed E-state index contributed by atoms with van der Waals surface area (Å²) in [6.07, 6.45) is 7.19. The van der Waals surface area contributed by atoms with Gasteiger partial charge in [-0.2, -0.15) is 0 Å². The van der Waals surface area contributed by atoms with Crippen LogP contribution in [0.3, 0.4) is 0 Å². The van der Waals surface area contributed by atoms with Gasteiger partial charge in [0.15, 0.2) is 0 Å². The van der Waals surface area contributed by atoms with Crippen molar-refractivity contribution < 1.29 is 0 Å². The predicted octanol–water partition coefficient (Wildman–Crippen LogP) is 2.88. The number of hydrogen-bond acceptors (Lipinski definition) is 2. The molecular weight excluding hydrogens is 220 g/mol. The standard InChI is InChI=1S/C16H18N2/c1-17-16-8-7-14-13(5-2-6-15(14)16)10-12-4-3-9-18-11-12/h2-6,9,11,16-17H,7-8,10H2,1H3. The highest BCUT2D eigenvalue weighted by Crippen LogP contribution is 2.33. The molecule has 18 heavy (non-hydrogen) atoms. The lowest BCUT2D eigenvalue weighted by molar-refractivity contribution is 0.590. The number of aromatic nitrogens is 1. The van der Waals surface area contributed by atoms with Gasteiger partial charge in [-0.05, 0) is 54.6 Å². The molecule has 1 atom stereocenters. The van der Waals surface area contributed by atoms with Gasteiger partial charge < -0.3 is 5.32 Å². The van der Waals surface area contributed by atoms with Crippen molar-refractivity contribution in [3.05, 3.63) is 65.0 Å². The van der Waals surface area contributed by atoms with Crippen molar-refractivity contribution in [1.29, 1.82) is 0 Å². The smallest absolute Gasteiger partial charge is 0.0323 e. The molecule has 1 aliphatic rings. The molecule has 1 aromatic carbocycles. The zero-order valence-electron chi connectivity index (χ0n) is 10.7. The highest BCUT2D eigenvalue weighted by Gasteiger charge is 2.22. The fourth-order valence-electron chi connectivity index (χ4n) is 2.92. The minimum atomic E-state index is 0.536. The Morgan fingerprint density at radius 2 is 2.22 bits per heavy atom. The van der Waals surface area contributed by atoms with Crippen LogP contribution in [0, 0.1) is 0 Å². The van der Waals surface area contributed by atoms with Gasteiger partial charge in [0.1, 0.15) is 0 Å². The van der Waals surface area contributed by atoms with Gasteiger partial charge in [0, 0.05) is 18.4 Å². The molecule has 1 unspecified atom stereocenters. The van der Waals surface area contributed by atoms with Crippen LogP contribution in [0.25, 0.3) is 0 Å². The van der Waals surface area contributed by atoms with Gasteiger partial charge in [-0.3, -0.25) is 4.98 Å². The van der Waals surface area contributed by atoms with Crippen LogP contribution in [0.1, 0.15) is 34.7 Å². The molecule has 2 heteroatoms. The summed E-state index contributed by atoms with van der Waals surface area (Å²) < 4.78 is 0. The van der Waals surface area contributed by atoms with Crippen LogP contribution in [0.2, 0.25) is 0 Å². The molecule has 2 aromatic rings. The molecule has 1 aliphatic carbocycles. The molecule has 0 aliphatic heterocycles. The van der Waals surface area contributed by atoms with E-state index in [9.17, 15) is 0 Å². The lowest BCUT2D eigenvalue weighted by atomic mass is 9.97. The molecule has 2 nitrogen and oxygen atoms in total. The summed E-state index contributed by atoms with van der Waals surface area (Å²) >= 11 is 0. The molecular formula is C16H18N2. The summed E-state index contributed by atoms with van der Waals surface area (Å²) in [6, 6.07) is 11.4. The molecule has 0 fully saturated rings. The van der Waals surface area contributed by atoms with Crippen LogP contribution in [0.4, 0.5) is 0 Å². The first-order chi connectivity index (χ1) is 8.88. The summed E-state index contributed by atoms with van der Waals surface area (Å²) in [5, 5.41) is 3.40. The van der Waals surface area contributed by atoms with Crippen LogP contribution in [0.15, 0.2) is 42.7 Å². The van der Waals surface area contributed by atoms with Crippen molar-refractivity contribution in [1.82, 2.24) is 10.3 Å². The van der Waals surface area contributed by atoms with Gasteiger partial charge in [-0.1, -0.05) is 24.3 Å². The van der Waals surface area contributed by atoms with Gasteiger partial charge in [-0.15, -0.1) is 0 Å². The maximum absolute atomic E-state index is 4.19. The van der Waals surface area contributed by atoms with Gasteiger partial charge in [0.05, 0.1) is 0 Å². The van der Waals surface area contributed by atoms with Crippen molar-refractivity contribution in [2.24, 2.45) is 0 Å². The molecule has 1 heterocycles. The van der Waals surface area contributed by atoms with E-state index in [0.29, 0.717) is 6.04 Å². The average molecular weight is 238 g/mol. The van der Waals surface area contributed by atoms with Gasteiger partial charge in [0.2, 0.25) is 0 Å². The van der Waals surface area contributed by atoms with Crippen LogP contribution >= 0.6 is 0 Å². The molecule has 0 saturated carbocycles. The molecule has 1 aromatic heterocycles. The monoisotopic (exact) mass is 238 g/mol. The SMILES string of the molecule is CNC1CCc2c(Cc3cccnc3)cccc21. The van der Waals surface area contributed by atoms with E-state index in [-0.39, 0.29) is 0 Å². The molecule has 0 bridgehead atoms. The molecule has 92 valence electrons. The van der Waals surface area contributed by atoms with Crippen molar-refractivity contribution in [3.63, 3.8) is 0 Å². The lowest BCUT2D eigenvalue weighted by Gasteiger charge is -2.12. The first-order valence-corrected chi connectivity index (χ1v) is 6.55. The van der Waals surface area contributed by atoms with E-state index in [4.69, 9.17) is 0 Å². The second kappa shape index (κ2) is 4.91. The second-order valence-electron chi connectivity index (χ2n) is 4.90. The van der Waals surface area contributed by atoms with Crippen molar-refractivity contribution in [3.8, 4) is 0 Å². The average Bonchev–Trinajstić information content (AvgIpc) is 2.84. The summed E-state index contributed by atoms with van der Waals surface area (Å²) in [7, 11) is 2.05. The predicted molar refractivity (Wildman–Crippen MR) is 73.6 cm³/mol. The number of pyridine rings is 1. The number of nitrogens with one attached hydrogen (secondary N) is 1. The highest BCUT2D eigenvalue weighted by atomic mass is 14.9. The summed E-state index contributed by atoms with van der Waals surface area (Å²) in [4.78, 5) is 4.19. The Bertz CT molecular complexity index is 534. The number of hydrogen-bond donors (Lipinski definition) is 1. The molecule has 1 N–H and O–H groups in total. The largest absolute Gasteiger partial charge is 0.313 e. The van der Waals surface area contributed by atoms with E-state index in [1.807, 2.05) is 25.5 Å². The first kappa shape index (κ1) is 11.4. The number of nitrogens with zero attached hydrogens (tertiary/aromatic N) is 1. The Morgan fingerprint density at radius 3 is 3.00 bits per heavy atom. The lowest BCUT2D eigenvalue weighted by Crippen LogP contribution is -2.12. The summed E-state index contributed by atoms with van der Waals surface area (Å²) in [5.74, 6) is 0. The Kier molecular flexibility index (Phi) is 3.11. The maximum atomic E-state index is 4.19. The zero-order valence-corrected chi connectivity index (χ0v) is 10.7. The maximum Gasteiger partial charge on any atom is 0.0323 e. The van der Waals surface area contributed by atoms with Crippen molar-refractivity contribution in [2.75, 3.05) is 7.05 Å². The molecule has 0 spiro atoms. The summed E-state index contributed by atoms with van der Waals surface area (Å²) in [5.41, 5.74) is 5.77. The van der Waals surface area contributed by atoms with Gasteiger partial charge >= 0.3 is 0 Å². The fourth-order valence-corrected chi connectivity index (χ4v) is 2.92. The number of fused-ring (bicyclic) bond motifs is 1. The minimum absolute atomic E-state index is 0.536. The van der Waals surface area contributed by atoms with Gasteiger partial charge in [-0.25, -0.2) is 0 Å². The van der Waals surface area contributed by atoms with Gasteiger partial charge in [0.25, 0.3) is 0 Å². The number of benzene rings is 1. The normalized spacial score (nSPS) is 17.7. The van der Waals surface area contributed by atoms with Crippen LogP contribution in [-0.2, 0) is 12.8 Å². The van der Waals surface area contributed by atoms with E-state index in [1.165, 1.54) is 29.5 Å². The second-order valence-corrected chi connectivity index (χ2v) is 4.90. The Hall–Kier alpha value is -1.67. The summed E-state index contributed by atoms with van der Waals surface area (Å²) in [6.45, 7) is 0. The third-order valence-corrected chi connectivity index (χ3v) is 3.83. The topological polar surface area (TPSA) is 24.9 Å².